The van der Waals surface area contributed by atoms with Crippen molar-refractivity contribution >= 4 is 45.5 Å². The Morgan fingerprint density at radius 3 is 1.30 bits per heavy atom. The van der Waals surface area contributed by atoms with Crippen LogP contribution in [0.15, 0.2) is 105 Å². The molecule has 3 rings (SSSR count). The molecular formula is C25H25BrSe. The van der Waals surface area contributed by atoms with Gasteiger partial charge >= 0.3 is 68.5 Å². The SMILES string of the molecule is Br[Se]Cc1ccccc1.C=Cc1ccc(C=C)cc1.C=Cc1ccccc1. The van der Waals surface area contributed by atoms with Crippen molar-refractivity contribution in [3.8, 4) is 0 Å². The van der Waals surface area contributed by atoms with Crippen molar-refractivity contribution in [3.63, 3.8) is 0 Å². The molecular weight excluding hydrogens is 459 g/mol. The van der Waals surface area contributed by atoms with Crippen LogP contribution >= 0.6 is 14.1 Å². The van der Waals surface area contributed by atoms with Gasteiger partial charge in [-0.1, -0.05) is 92.6 Å². The van der Waals surface area contributed by atoms with Gasteiger partial charge < -0.3 is 0 Å². The Morgan fingerprint density at radius 1 is 0.593 bits per heavy atom. The van der Waals surface area contributed by atoms with Crippen LogP contribution < -0.4 is 0 Å². The first-order valence-electron chi connectivity index (χ1n) is 8.53. The normalized spacial score (nSPS) is 8.93. The molecule has 0 spiro atoms. The van der Waals surface area contributed by atoms with Crippen LogP contribution in [0.5, 0.6) is 0 Å². The summed E-state index contributed by atoms with van der Waals surface area (Å²) in [4.78, 5) is 0. The van der Waals surface area contributed by atoms with E-state index in [2.05, 4.69) is 58.1 Å². The van der Waals surface area contributed by atoms with Crippen LogP contribution in [-0.4, -0.2) is 13.1 Å². The minimum atomic E-state index is 0.592. The second-order valence-electron chi connectivity index (χ2n) is 5.43. The largest absolute Gasteiger partial charge is 0.0985 e. The standard InChI is InChI=1S/C10H10.C8H8.C7H7BrSe/c1-3-9-5-7-10(4-2)8-6-9;1-2-8-6-4-3-5-7-8;8-9-6-7-4-2-1-3-5-7/h3-8H,1-2H2;2-7H,1H2;1-5H,6H2. The van der Waals surface area contributed by atoms with Crippen LogP contribution in [0.25, 0.3) is 18.2 Å². The molecule has 0 nitrogen and oxygen atoms in total. The third-order valence-electron chi connectivity index (χ3n) is 3.51. The molecule has 138 valence electrons. The summed E-state index contributed by atoms with van der Waals surface area (Å²) in [6.45, 7) is 11.0. The maximum absolute atomic E-state index is 3.66. The second kappa shape index (κ2) is 15.0. The minimum absolute atomic E-state index is 0.592. The van der Waals surface area contributed by atoms with Gasteiger partial charge in [0, 0.05) is 0 Å². The quantitative estimate of drug-likeness (QED) is 0.329. The van der Waals surface area contributed by atoms with Gasteiger partial charge in [0.05, 0.1) is 0 Å². The minimum Gasteiger partial charge on any atom is -0.0985 e. The van der Waals surface area contributed by atoms with Crippen LogP contribution in [0.1, 0.15) is 22.3 Å². The Morgan fingerprint density at radius 2 is 0.963 bits per heavy atom. The summed E-state index contributed by atoms with van der Waals surface area (Å²) in [5.74, 6) is 0. The number of benzene rings is 3. The van der Waals surface area contributed by atoms with Crippen LogP contribution in [0.3, 0.4) is 0 Å². The first-order chi connectivity index (χ1) is 13.2. The third-order valence-corrected chi connectivity index (χ3v) is 5.62. The van der Waals surface area contributed by atoms with E-state index in [1.165, 1.54) is 16.4 Å². The van der Waals surface area contributed by atoms with Gasteiger partial charge in [-0.05, 0) is 16.7 Å². The van der Waals surface area contributed by atoms with Crippen LogP contribution in [0.4, 0.5) is 0 Å². The van der Waals surface area contributed by atoms with Gasteiger partial charge in [0.1, 0.15) is 0 Å². The zero-order valence-corrected chi connectivity index (χ0v) is 18.7. The van der Waals surface area contributed by atoms with Gasteiger partial charge in [-0.25, -0.2) is 0 Å². The van der Waals surface area contributed by atoms with E-state index in [4.69, 9.17) is 0 Å². The summed E-state index contributed by atoms with van der Waals surface area (Å²) in [6, 6.07) is 28.6. The van der Waals surface area contributed by atoms with Gasteiger partial charge in [0.15, 0.2) is 0 Å². The summed E-state index contributed by atoms with van der Waals surface area (Å²) in [7, 11) is 0. The van der Waals surface area contributed by atoms with Crippen LogP contribution in [-0.2, 0) is 5.32 Å². The molecule has 0 radical (unpaired) electrons. The van der Waals surface area contributed by atoms with Crippen molar-refractivity contribution in [2.24, 2.45) is 0 Å². The zero-order chi connectivity index (χ0) is 19.7. The average molecular weight is 484 g/mol. The Kier molecular flexibility index (Phi) is 12.7. The monoisotopic (exact) mass is 484 g/mol. The van der Waals surface area contributed by atoms with E-state index >= 15 is 0 Å². The van der Waals surface area contributed by atoms with E-state index in [1.54, 1.807) is 0 Å². The predicted octanol–water partition coefficient (Wildman–Crippen LogP) is 7.50. The smallest absolute Gasteiger partial charge is 0.0262 e. The van der Waals surface area contributed by atoms with E-state index in [9.17, 15) is 0 Å². The predicted molar refractivity (Wildman–Crippen MR) is 128 cm³/mol. The molecule has 0 bridgehead atoms. The molecule has 0 heterocycles. The van der Waals surface area contributed by atoms with Gasteiger partial charge in [-0.15, -0.1) is 0 Å². The van der Waals surface area contributed by atoms with Gasteiger partial charge in [0.2, 0.25) is 0 Å². The maximum Gasteiger partial charge on any atom is -0.0262 e. The van der Waals surface area contributed by atoms with Gasteiger partial charge in [-0.2, -0.15) is 0 Å². The fraction of sp³-hybridized carbons (Fsp3) is 0.0400. The van der Waals surface area contributed by atoms with Crippen LogP contribution in [0, 0.1) is 0 Å². The number of rotatable bonds is 5. The number of halogens is 1. The maximum atomic E-state index is 3.66. The van der Waals surface area contributed by atoms with Crippen molar-refractivity contribution in [2.75, 3.05) is 0 Å². The van der Waals surface area contributed by atoms with E-state index in [0.717, 1.165) is 11.1 Å². The molecule has 2 heteroatoms. The van der Waals surface area contributed by atoms with Crippen molar-refractivity contribution in [2.45, 2.75) is 5.32 Å². The molecule has 0 atom stereocenters. The Hall–Kier alpha value is -2.12. The molecule has 0 unspecified atom stereocenters. The Bertz CT molecular complexity index is 751. The zero-order valence-electron chi connectivity index (χ0n) is 15.4. The molecule has 0 aliphatic rings. The summed E-state index contributed by atoms with van der Waals surface area (Å²) in [5, 5.41) is 1.19. The molecule has 0 N–H and O–H groups in total. The molecule has 27 heavy (non-hydrogen) atoms. The fourth-order valence-corrected chi connectivity index (χ4v) is 4.04. The molecule has 0 aromatic heterocycles. The van der Waals surface area contributed by atoms with Gasteiger partial charge in [0.25, 0.3) is 0 Å². The van der Waals surface area contributed by atoms with Crippen molar-refractivity contribution < 1.29 is 0 Å². The molecule has 0 aliphatic heterocycles. The summed E-state index contributed by atoms with van der Waals surface area (Å²) in [6.07, 6.45) is 5.49. The number of hydrogen-bond acceptors (Lipinski definition) is 0. The summed E-state index contributed by atoms with van der Waals surface area (Å²) < 4.78 is 0. The molecule has 0 saturated carbocycles. The van der Waals surface area contributed by atoms with E-state index in [0.29, 0.717) is 13.1 Å². The molecule has 0 aliphatic carbocycles. The van der Waals surface area contributed by atoms with Crippen molar-refractivity contribution in [1.82, 2.24) is 0 Å². The third kappa shape index (κ3) is 10.6. The second-order valence-corrected chi connectivity index (χ2v) is 8.87. The van der Waals surface area contributed by atoms with Gasteiger partial charge in [-0.3, -0.25) is 0 Å². The molecule has 3 aromatic carbocycles. The summed E-state index contributed by atoms with van der Waals surface area (Å²) in [5.41, 5.74) is 4.89. The molecule has 3 aromatic rings. The molecule has 0 saturated heterocycles. The van der Waals surface area contributed by atoms with Crippen molar-refractivity contribution in [1.29, 1.82) is 0 Å². The number of hydrogen-bond donors (Lipinski definition) is 0. The van der Waals surface area contributed by atoms with Crippen LogP contribution in [0.2, 0.25) is 0 Å². The first kappa shape index (κ1) is 22.9. The van der Waals surface area contributed by atoms with E-state index in [1.807, 2.05) is 78.9 Å². The van der Waals surface area contributed by atoms with E-state index in [-0.39, 0.29) is 0 Å². The molecule has 0 fully saturated rings. The van der Waals surface area contributed by atoms with Crippen molar-refractivity contribution in [3.05, 3.63) is 127 Å². The topological polar surface area (TPSA) is 0 Å². The molecule has 0 amide bonds. The fourth-order valence-electron chi connectivity index (χ4n) is 1.99. The Labute approximate surface area is 177 Å². The Balaban J connectivity index is 0.000000204. The summed E-state index contributed by atoms with van der Waals surface area (Å²) >= 11 is 4.04. The first-order valence-corrected chi connectivity index (χ1v) is 13.8. The average Bonchev–Trinajstić information content (AvgIpc) is 2.76. The van der Waals surface area contributed by atoms with E-state index < -0.39 is 0 Å².